The summed E-state index contributed by atoms with van der Waals surface area (Å²) >= 11 is 0. The Morgan fingerprint density at radius 3 is 2.47 bits per heavy atom. The summed E-state index contributed by atoms with van der Waals surface area (Å²) in [6, 6.07) is 4.16. The molecule has 2 rings (SSSR count). The number of H-pyrrole nitrogens is 1. The highest BCUT2D eigenvalue weighted by molar-refractivity contribution is 5.87. The van der Waals surface area contributed by atoms with Crippen LogP contribution in [-0.4, -0.2) is 35.5 Å². The van der Waals surface area contributed by atoms with Gasteiger partial charge in [-0.1, -0.05) is 0 Å². The number of methoxy groups -OCH3 is 2. The number of carbonyl (C=O) groups is 1. The Bertz CT molecular complexity index is 624. The van der Waals surface area contributed by atoms with Crippen molar-refractivity contribution in [1.29, 1.82) is 0 Å². The summed E-state index contributed by atoms with van der Waals surface area (Å²) in [6.45, 7) is 0. The zero-order chi connectivity index (χ0) is 14.0. The van der Waals surface area contributed by atoms with E-state index in [4.69, 9.17) is 14.6 Å². The lowest BCUT2D eigenvalue weighted by atomic mass is 10.1. The monoisotopic (exact) mass is 266 g/mol. The Morgan fingerprint density at radius 2 is 1.95 bits per heavy atom. The van der Waals surface area contributed by atoms with Gasteiger partial charge in [0.15, 0.2) is 11.6 Å². The van der Waals surface area contributed by atoms with Gasteiger partial charge >= 0.3 is 5.97 Å². The SMILES string of the molecule is COc1ccc(OC)c(-c2cc(C(=O)O)[nH]n2)c1F. The molecular weight excluding hydrogens is 255 g/mol. The normalized spacial score (nSPS) is 10.3. The predicted octanol–water partition coefficient (Wildman–Crippen LogP) is 1.93. The van der Waals surface area contributed by atoms with E-state index in [0.717, 1.165) is 0 Å². The van der Waals surface area contributed by atoms with Crippen molar-refractivity contribution in [3.63, 3.8) is 0 Å². The van der Waals surface area contributed by atoms with Crippen molar-refractivity contribution in [3.8, 4) is 22.8 Å². The average Bonchev–Trinajstić information content (AvgIpc) is 2.87. The van der Waals surface area contributed by atoms with Gasteiger partial charge < -0.3 is 14.6 Å². The van der Waals surface area contributed by atoms with Crippen molar-refractivity contribution in [1.82, 2.24) is 10.2 Å². The molecule has 0 radical (unpaired) electrons. The van der Waals surface area contributed by atoms with Crippen molar-refractivity contribution < 1.29 is 23.8 Å². The number of halogens is 1. The molecule has 0 fully saturated rings. The van der Waals surface area contributed by atoms with E-state index in [1.807, 2.05) is 0 Å². The van der Waals surface area contributed by atoms with Crippen molar-refractivity contribution in [2.75, 3.05) is 14.2 Å². The Morgan fingerprint density at radius 1 is 1.32 bits per heavy atom. The van der Waals surface area contributed by atoms with E-state index in [1.54, 1.807) is 0 Å². The Hall–Kier alpha value is -2.57. The minimum atomic E-state index is -1.18. The molecule has 1 heterocycles. The molecule has 0 saturated carbocycles. The Labute approximate surface area is 107 Å². The summed E-state index contributed by atoms with van der Waals surface area (Å²) in [7, 11) is 2.72. The van der Waals surface area contributed by atoms with Crippen LogP contribution >= 0.6 is 0 Å². The number of aromatic nitrogens is 2. The second kappa shape index (κ2) is 4.97. The number of aromatic carboxylic acids is 1. The van der Waals surface area contributed by atoms with Crippen LogP contribution in [-0.2, 0) is 0 Å². The Kier molecular flexibility index (Phi) is 3.37. The van der Waals surface area contributed by atoms with Gasteiger partial charge in [0, 0.05) is 0 Å². The zero-order valence-electron chi connectivity index (χ0n) is 10.2. The topological polar surface area (TPSA) is 84.4 Å². The third-order valence-electron chi connectivity index (χ3n) is 2.57. The quantitative estimate of drug-likeness (QED) is 0.883. The number of hydrogen-bond donors (Lipinski definition) is 2. The molecule has 7 heteroatoms. The molecule has 0 bridgehead atoms. The molecule has 0 unspecified atom stereocenters. The summed E-state index contributed by atoms with van der Waals surface area (Å²) in [5, 5.41) is 14.9. The van der Waals surface area contributed by atoms with Crippen LogP contribution in [0.1, 0.15) is 10.5 Å². The van der Waals surface area contributed by atoms with Crippen molar-refractivity contribution in [3.05, 3.63) is 29.7 Å². The van der Waals surface area contributed by atoms with Crippen LogP contribution in [0.4, 0.5) is 4.39 Å². The fraction of sp³-hybridized carbons (Fsp3) is 0.167. The molecular formula is C12H11FN2O4. The van der Waals surface area contributed by atoms with E-state index in [-0.39, 0.29) is 28.5 Å². The van der Waals surface area contributed by atoms with Gasteiger partial charge in [0.05, 0.1) is 25.5 Å². The van der Waals surface area contributed by atoms with Crippen LogP contribution in [0, 0.1) is 5.82 Å². The molecule has 0 atom stereocenters. The molecule has 0 aliphatic rings. The molecule has 1 aromatic carbocycles. The highest BCUT2D eigenvalue weighted by Gasteiger charge is 2.20. The van der Waals surface area contributed by atoms with E-state index in [1.165, 1.54) is 32.4 Å². The second-order valence-corrected chi connectivity index (χ2v) is 3.63. The number of hydrogen-bond acceptors (Lipinski definition) is 4. The summed E-state index contributed by atoms with van der Waals surface area (Å²) < 4.78 is 24.1. The predicted molar refractivity (Wildman–Crippen MR) is 64.0 cm³/mol. The molecule has 19 heavy (non-hydrogen) atoms. The van der Waals surface area contributed by atoms with Crippen molar-refractivity contribution >= 4 is 5.97 Å². The zero-order valence-corrected chi connectivity index (χ0v) is 10.2. The van der Waals surface area contributed by atoms with E-state index >= 15 is 0 Å². The lowest BCUT2D eigenvalue weighted by Gasteiger charge is -2.10. The summed E-state index contributed by atoms with van der Waals surface area (Å²) in [5.74, 6) is -1.58. The number of aromatic amines is 1. The molecule has 2 aromatic rings. The summed E-state index contributed by atoms with van der Waals surface area (Å²) in [5.41, 5.74) is 0.0375. The first-order chi connectivity index (χ1) is 9.08. The fourth-order valence-electron chi connectivity index (χ4n) is 1.67. The fourth-order valence-corrected chi connectivity index (χ4v) is 1.67. The molecule has 0 amide bonds. The standard InChI is InChI=1S/C12H11FN2O4/c1-18-8-3-4-9(19-2)11(13)10(8)6-5-7(12(16)17)15-14-6/h3-5H,1-2H3,(H,14,15)(H,16,17). The average molecular weight is 266 g/mol. The van der Waals surface area contributed by atoms with Gasteiger partial charge in [0.1, 0.15) is 11.4 Å². The number of carboxylic acids is 1. The van der Waals surface area contributed by atoms with Gasteiger partial charge in [0.2, 0.25) is 0 Å². The van der Waals surface area contributed by atoms with Gasteiger partial charge in [-0.2, -0.15) is 5.10 Å². The first-order valence-electron chi connectivity index (χ1n) is 5.28. The number of benzene rings is 1. The highest BCUT2D eigenvalue weighted by atomic mass is 19.1. The molecule has 0 aliphatic carbocycles. The van der Waals surface area contributed by atoms with Crippen LogP contribution in [0.25, 0.3) is 11.3 Å². The third-order valence-corrected chi connectivity index (χ3v) is 2.57. The number of rotatable bonds is 4. The van der Waals surface area contributed by atoms with Crippen LogP contribution in [0.15, 0.2) is 18.2 Å². The molecule has 6 nitrogen and oxygen atoms in total. The maximum absolute atomic E-state index is 14.2. The lowest BCUT2D eigenvalue weighted by Crippen LogP contribution is -1.96. The summed E-state index contributed by atoms with van der Waals surface area (Å²) in [6.07, 6.45) is 0. The van der Waals surface area contributed by atoms with Crippen molar-refractivity contribution in [2.24, 2.45) is 0 Å². The Balaban J connectivity index is 2.61. The first kappa shape index (κ1) is 12.9. The maximum atomic E-state index is 14.2. The minimum Gasteiger partial charge on any atom is -0.496 e. The molecule has 0 aliphatic heterocycles. The van der Waals surface area contributed by atoms with Crippen LogP contribution in [0.5, 0.6) is 11.5 Å². The van der Waals surface area contributed by atoms with E-state index in [9.17, 15) is 9.18 Å². The highest BCUT2D eigenvalue weighted by Crippen LogP contribution is 2.36. The third kappa shape index (κ3) is 2.22. The smallest absolute Gasteiger partial charge is 0.353 e. The molecule has 0 spiro atoms. The van der Waals surface area contributed by atoms with E-state index in [0.29, 0.717) is 0 Å². The van der Waals surface area contributed by atoms with Crippen molar-refractivity contribution in [2.45, 2.75) is 0 Å². The van der Waals surface area contributed by atoms with Crippen LogP contribution in [0.3, 0.4) is 0 Å². The van der Waals surface area contributed by atoms with Gasteiger partial charge in [0.25, 0.3) is 0 Å². The van der Waals surface area contributed by atoms with Crippen LogP contribution < -0.4 is 9.47 Å². The number of carboxylic acid groups (broad SMARTS) is 1. The van der Waals surface area contributed by atoms with Gasteiger partial charge in [-0.05, 0) is 18.2 Å². The van der Waals surface area contributed by atoms with E-state index < -0.39 is 11.8 Å². The van der Waals surface area contributed by atoms with Gasteiger partial charge in [-0.25, -0.2) is 9.18 Å². The number of nitrogens with one attached hydrogen (secondary N) is 1. The maximum Gasteiger partial charge on any atom is 0.353 e. The minimum absolute atomic E-state index is 0.0238. The van der Waals surface area contributed by atoms with E-state index in [2.05, 4.69) is 10.2 Å². The number of ether oxygens (including phenoxy) is 2. The van der Waals surface area contributed by atoms with Crippen LogP contribution in [0.2, 0.25) is 0 Å². The number of nitrogens with zero attached hydrogens (tertiary/aromatic N) is 1. The summed E-state index contributed by atoms with van der Waals surface area (Å²) in [4.78, 5) is 10.8. The molecule has 1 aromatic heterocycles. The van der Waals surface area contributed by atoms with Gasteiger partial charge in [-0.3, -0.25) is 5.10 Å². The molecule has 0 saturated heterocycles. The lowest BCUT2D eigenvalue weighted by molar-refractivity contribution is 0.0690. The first-order valence-corrected chi connectivity index (χ1v) is 5.28. The largest absolute Gasteiger partial charge is 0.496 e. The second-order valence-electron chi connectivity index (χ2n) is 3.63. The molecule has 100 valence electrons. The van der Waals surface area contributed by atoms with Gasteiger partial charge in [-0.15, -0.1) is 0 Å². The molecule has 2 N–H and O–H groups in total.